The summed E-state index contributed by atoms with van der Waals surface area (Å²) in [6.45, 7) is 41.6. The van der Waals surface area contributed by atoms with Gasteiger partial charge in [-0.3, -0.25) is 13.7 Å². The highest BCUT2D eigenvalue weighted by molar-refractivity contribution is 6.77. The van der Waals surface area contributed by atoms with E-state index in [1.807, 2.05) is 76.6 Å². The molecule has 770 valence electrons. The number of fused-ring (bicyclic) bond motifs is 8. The molecule has 0 spiro atoms. The van der Waals surface area contributed by atoms with E-state index in [1.165, 1.54) is 22.3 Å². The Kier molecular flexibility index (Phi) is 32.9. The van der Waals surface area contributed by atoms with Crippen LogP contribution in [-0.2, 0) is 79.4 Å². The molecule has 3 aliphatic rings. The van der Waals surface area contributed by atoms with E-state index in [9.17, 15) is 0 Å². The highest BCUT2D eigenvalue weighted by Gasteiger charge is 2.52. The predicted octanol–water partition coefficient (Wildman–Crippen LogP) is 21.6. The van der Waals surface area contributed by atoms with Crippen LogP contribution in [0.15, 0.2) is 245 Å². The second-order valence-corrected chi connectivity index (χ2v) is 59.7. The standard InChI is InChI=1S/C29H35N7O2Si.C25H27ClN6OSi.C23H21N7O.C20H23BN2O2.C11H16Cl2N4OSi.CH4/c1-39(2,3)16-15-38-21-36-20-31-26-25(32-29(33-28(26)36)34-11-13-37-14-12-34)24-17-23-9-10-35(27(23)30-18-24)19-22-7-5-4-6-8-22;1-34(2,3)12-11-33-17-32-16-28-22-21(29-25(26)30-24(22)32)20-13-19-9-10-31(23(19)27-14-20)15-18-7-5-4-6-8-18;1-2-4-16(5-3-1)14-30-7-6-17-12-18(13-24-22(17)30)19-20-21(26-15-25-20)28-23(27-19)29-8-10-31-11-9-29;1-19(2)20(3,4)25-21(24-19)17-12-16-10-11-23(18(16)22-13-17)14-15-8-6-5-7-9-15;1-19(2,3)5-4-18-7-17-6-14-8-9(12)15-11(13)16-10(8)17;/h4-10,17-18,20H,11-16,19,21H2,1-3H3;4-10,13-14,16H,11-12,15,17H2,1-3H3;1-7,12-13,15H,8-11,14H2,(H,25,26,27,28);5-13H,14H2,1-4H3;6H,4-5,7H2,1-3H3;1H4. The Balaban J connectivity index is 0.000000124. The van der Waals surface area contributed by atoms with Crippen molar-refractivity contribution in [2.45, 2.75) is 170 Å². The Morgan fingerprint density at radius 1 is 0.362 bits per heavy atom. The minimum absolute atomic E-state index is 0. The molecule has 0 aliphatic carbocycles. The summed E-state index contributed by atoms with van der Waals surface area (Å²) in [7, 11) is -3.75. The van der Waals surface area contributed by atoms with Crippen molar-refractivity contribution in [1.82, 2.24) is 117 Å². The number of hydrogen-bond donors (Lipinski definition) is 1. The minimum atomic E-state index is -1.16. The van der Waals surface area contributed by atoms with Crippen LogP contribution < -0.4 is 15.3 Å². The van der Waals surface area contributed by atoms with E-state index in [0.29, 0.717) is 92.2 Å². The van der Waals surface area contributed by atoms with Crippen molar-refractivity contribution in [3.8, 4) is 33.8 Å². The summed E-state index contributed by atoms with van der Waals surface area (Å²) in [5.41, 5.74) is 19.5. The van der Waals surface area contributed by atoms with Crippen LogP contribution in [0.5, 0.6) is 0 Å². The SMILES string of the molecule is C.CC1(C)OB(c2cnc3c(ccn3Cc3ccccc3)c2)OC1(C)C.C[Si](C)(C)CCOCn1cnc2c(-c3cnc4c(ccn4Cc4ccccc4)c3)nc(Cl)nc21.C[Si](C)(C)CCOCn1cnc2c(-c3cnc4c(ccn4Cc4ccccc4)c3)nc(N3CCOCC3)nc21.C[Si](C)(C)CCOCn1cnc2c(Cl)nc(Cl)nc21.c1ccc(Cn2ccc3cc(-c4nc(N5CCOCC5)nc5nc[nH]c45)cnc32)cc1. The molecule has 19 heterocycles. The molecule has 0 atom stereocenters. The topological polar surface area (TPSA) is 328 Å². The largest absolute Gasteiger partial charge is 0.496 e. The number of nitrogens with zero attached hydrogens (tertiary/aromatic N) is 25. The van der Waals surface area contributed by atoms with Gasteiger partial charge in [-0.25, -0.2) is 59.8 Å². The number of aromatic nitrogens is 24. The van der Waals surface area contributed by atoms with Crippen LogP contribution >= 0.6 is 34.8 Å². The van der Waals surface area contributed by atoms with Gasteiger partial charge in [0.2, 0.25) is 22.5 Å². The van der Waals surface area contributed by atoms with Gasteiger partial charge < -0.3 is 66.0 Å². The zero-order chi connectivity index (χ0) is 103. The first-order chi connectivity index (χ1) is 71.4. The average molecular weight is 2110 g/mol. The number of aromatic amines is 1. The van der Waals surface area contributed by atoms with Crippen LogP contribution in [0.25, 0.3) is 123 Å². The van der Waals surface area contributed by atoms with Crippen molar-refractivity contribution in [2.24, 2.45) is 0 Å². The van der Waals surface area contributed by atoms with Crippen LogP contribution in [0.1, 0.15) is 57.4 Å². The average Bonchev–Trinajstić information content (AvgIpc) is 1.63. The summed E-state index contributed by atoms with van der Waals surface area (Å²) in [5.74, 6) is 1.37. The minimum Gasteiger partial charge on any atom is -0.399 e. The zero-order valence-electron chi connectivity index (χ0n) is 85.7. The van der Waals surface area contributed by atoms with Crippen molar-refractivity contribution in [3.05, 3.63) is 283 Å². The molecule has 0 radical (unpaired) electrons. The molecule has 3 saturated heterocycles. The quantitative estimate of drug-likeness (QED) is 0.0197. The van der Waals surface area contributed by atoms with Crippen molar-refractivity contribution < 1.29 is 33.0 Å². The first-order valence-electron chi connectivity index (χ1n) is 50.0. The number of anilines is 2. The molecule has 23 rings (SSSR count). The molecule has 40 heteroatoms. The third-order valence-corrected chi connectivity index (χ3v) is 32.1. The molecule has 3 aliphatic heterocycles. The van der Waals surface area contributed by atoms with Gasteiger partial charge in [0.25, 0.3) is 0 Å². The molecule has 0 unspecified atom stereocenters. The van der Waals surface area contributed by atoms with E-state index in [4.69, 9.17) is 103 Å². The maximum absolute atomic E-state index is 6.31. The fraction of sp³-hybridized carbons (Fsp3) is 0.339. The number of halogens is 3. The Bertz CT molecular complexity index is 7940. The fourth-order valence-corrected chi connectivity index (χ4v) is 20.2. The molecule has 149 heavy (non-hydrogen) atoms. The van der Waals surface area contributed by atoms with Gasteiger partial charge in [-0.05, 0) is 140 Å². The monoisotopic (exact) mass is 2110 g/mol. The molecule has 0 bridgehead atoms. The lowest BCUT2D eigenvalue weighted by molar-refractivity contribution is 0.00578. The molecule has 3 fully saturated rings. The number of ether oxygens (including phenoxy) is 5. The second-order valence-electron chi connectivity index (χ2n) is 41.8. The van der Waals surface area contributed by atoms with Crippen LogP contribution in [0.3, 0.4) is 0 Å². The van der Waals surface area contributed by atoms with Gasteiger partial charge in [0, 0.05) is 190 Å². The summed E-state index contributed by atoms with van der Waals surface area (Å²) in [6, 6.07) is 61.8. The van der Waals surface area contributed by atoms with Crippen molar-refractivity contribution in [2.75, 3.05) is 82.2 Å². The molecule has 4 aromatic carbocycles. The number of morpholine rings is 2. The van der Waals surface area contributed by atoms with Gasteiger partial charge in [-0.2, -0.15) is 19.9 Å². The molecule has 0 saturated carbocycles. The van der Waals surface area contributed by atoms with Gasteiger partial charge >= 0.3 is 7.12 Å². The lowest BCUT2D eigenvalue weighted by Gasteiger charge is -2.32. The van der Waals surface area contributed by atoms with Crippen LogP contribution in [0.2, 0.25) is 92.8 Å². The van der Waals surface area contributed by atoms with Crippen LogP contribution in [-0.4, -0.2) is 232 Å². The highest BCUT2D eigenvalue weighted by atomic mass is 35.5. The van der Waals surface area contributed by atoms with Gasteiger partial charge in [0.15, 0.2) is 27.7 Å². The summed E-state index contributed by atoms with van der Waals surface area (Å²) < 4.78 is 55.2. The third-order valence-electron chi connectivity index (χ3n) is 26.4. The Labute approximate surface area is 884 Å². The zero-order valence-corrected chi connectivity index (χ0v) is 91.0. The molecular weight excluding hydrogens is 1990 g/mol. The third kappa shape index (κ3) is 25.9. The smallest absolute Gasteiger partial charge is 0.399 e. The first-order valence-corrected chi connectivity index (χ1v) is 62.2. The normalized spacial score (nSPS) is 14.3. The van der Waals surface area contributed by atoms with E-state index in [0.717, 1.165) is 185 Å². The van der Waals surface area contributed by atoms with E-state index < -0.39 is 24.2 Å². The maximum atomic E-state index is 6.31. The van der Waals surface area contributed by atoms with Crippen LogP contribution in [0, 0.1) is 0 Å². The van der Waals surface area contributed by atoms with Gasteiger partial charge in [-0.15, -0.1) is 0 Å². The van der Waals surface area contributed by atoms with Crippen molar-refractivity contribution in [1.29, 1.82) is 0 Å². The molecule has 1 N–H and O–H groups in total. The highest BCUT2D eigenvalue weighted by Crippen LogP contribution is 2.39. The number of H-pyrrole nitrogens is 1. The summed E-state index contributed by atoms with van der Waals surface area (Å²) in [4.78, 5) is 80.9. The summed E-state index contributed by atoms with van der Waals surface area (Å²) >= 11 is 18.1. The summed E-state index contributed by atoms with van der Waals surface area (Å²) in [6.07, 6.45) is 22.6. The Morgan fingerprint density at radius 2 is 0.705 bits per heavy atom. The molecule has 33 nitrogen and oxygen atoms in total. The maximum Gasteiger partial charge on any atom is 0.496 e. The van der Waals surface area contributed by atoms with Crippen LogP contribution in [0.4, 0.5) is 11.9 Å². The summed E-state index contributed by atoms with van der Waals surface area (Å²) in [5, 5.41) is 4.82. The molecular formula is C109H126BCl3N26O7Si3. The number of rotatable bonds is 29. The second kappa shape index (κ2) is 46.5. The number of imidazole rings is 4. The molecule has 16 aromatic heterocycles. The van der Waals surface area contributed by atoms with Crippen molar-refractivity contribution >= 4 is 172 Å². The Morgan fingerprint density at radius 3 is 1.11 bits per heavy atom. The van der Waals surface area contributed by atoms with E-state index >= 15 is 0 Å². The lowest BCUT2D eigenvalue weighted by atomic mass is 9.80. The first kappa shape index (κ1) is 106. The number of benzene rings is 4. The Hall–Kier alpha value is -13.3. The van der Waals surface area contributed by atoms with E-state index in [2.05, 4.69) is 323 Å². The fourth-order valence-electron chi connectivity index (χ4n) is 17.3. The van der Waals surface area contributed by atoms with E-state index in [1.54, 1.807) is 23.5 Å². The molecule has 20 aromatic rings. The van der Waals surface area contributed by atoms with Gasteiger partial charge in [-0.1, -0.05) is 199 Å². The number of pyridine rings is 4. The number of hydrogen-bond acceptors (Lipinski definition) is 25. The van der Waals surface area contributed by atoms with Gasteiger partial charge in [0.1, 0.15) is 81.9 Å². The lowest BCUT2D eigenvalue weighted by Crippen LogP contribution is -2.41. The van der Waals surface area contributed by atoms with E-state index in [-0.39, 0.29) is 41.5 Å². The van der Waals surface area contributed by atoms with Gasteiger partial charge in [0.05, 0.1) is 62.9 Å². The number of nitrogens with one attached hydrogen (secondary N) is 1. The molecule has 0 amide bonds. The predicted molar refractivity (Wildman–Crippen MR) is 602 cm³/mol. The van der Waals surface area contributed by atoms with Crippen molar-refractivity contribution in [3.63, 3.8) is 0 Å².